The Labute approximate surface area is 267 Å². The van der Waals surface area contributed by atoms with Gasteiger partial charge in [0.2, 0.25) is 5.88 Å². The molecule has 218 valence electrons. The molecule has 3 heteroatoms. The summed E-state index contributed by atoms with van der Waals surface area (Å²) < 4.78 is 6.15. The predicted molar refractivity (Wildman–Crippen MR) is 193 cm³/mol. The van der Waals surface area contributed by atoms with Crippen molar-refractivity contribution < 1.29 is 4.42 Å². The zero-order chi connectivity index (χ0) is 30.5. The van der Waals surface area contributed by atoms with E-state index >= 15 is 0 Å². The van der Waals surface area contributed by atoms with E-state index in [0.29, 0.717) is 0 Å². The van der Waals surface area contributed by atoms with Crippen molar-refractivity contribution in [1.82, 2.24) is 0 Å². The van der Waals surface area contributed by atoms with Crippen molar-refractivity contribution in [1.29, 1.82) is 0 Å². The summed E-state index contributed by atoms with van der Waals surface area (Å²) in [4.78, 5) is 2.32. The summed E-state index contributed by atoms with van der Waals surface area (Å²) in [6.07, 6.45) is 2.25. The number of anilines is 4. The number of nitrogens with zero attached hydrogens (tertiary/aromatic N) is 1. The van der Waals surface area contributed by atoms with Gasteiger partial charge in [-0.15, -0.1) is 0 Å². The van der Waals surface area contributed by atoms with Gasteiger partial charge in [0.25, 0.3) is 0 Å². The van der Waals surface area contributed by atoms with E-state index in [4.69, 9.17) is 4.42 Å². The van der Waals surface area contributed by atoms with Crippen LogP contribution >= 0.6 is 0 Å². The van der Waals surface area contributed by atoms with Gasteiger partial charge in [0.05, 0.1) is 5.56 Å². The van der Waals surface area contributed by atoms with E-state index in [-0.39, 0.29) is 0 Å². The minimum Gasteiger partial charge on any atom is -0.440 e. The highest BCUT2D eigenvalue weighted by atomic mass is 16.3. The summed E-state index contributed by atoms with van der Waals surface area (Å²) in [5.41, 5.74) is 10.2. The van der Waals surface area contributed by atoms with Crippen LogP contribution in [0.15, 0.2) is 168 Å². The third kappa shape index (κ3) is 4.36. The van der Waals surface area contributed by atoms with Crippen molar-refractivity contribution in [2.75, 3.05) is 16.8 Å². The Morgan fingerprint density at radius 1 is 0.500 bits per heavy atom. The highest BCUT2D eigenvalue weighted by Gasteiger charge is 2.22. The highest BCUT2D eigenvalue weighted by Crippen LogP contribution is 2.42. The Morgan fingerprint density at radius 3 is 1.85 bits per heavy atom. The third-order valence-electron chi connectivity index (χ3n) is 9.09. The summed E-state index contributed by atoms with van der Waals surface area (Å²) in [5, 5.41) is 9.63. The van der Waals surface area contributed by atoms with Crippen LogP contribution in [0.2, 0.25) is 0 Å². The van der Waals surface area contributed by atoms with Gasteiger partial charge in [-0.3, -0.25) is 0 Å². The van der Waals surface area contributed by atoms with E-state index in [2.05, 4.69) is 162 Å². The summed E-state index contributed by atoms with van der Waals surface area (Å²) in [7, 11) is 0. The van der Waals surface area contributed by atoms with E-state index in [1.807, 2.05) is 12.1 Å². The second kappa shape index (κ2) is 10.8. The van der Waals surface area contributed by atoms with Crippen LogP contribution in [0.1, 0.15) is 11.1 Å². The molecule has 0 saturated heterocycles. The van der Waals surface area contributed by atoms with Crippen LogP contribution in [-0.4, -0.2) is 6.54 Å². The smallest absolute Gasteiger partial charge is 0.202 e. The van der Waals surface area contributed by atoms with Crippen LogP contribution in [-0.2, 0) is 0 Å². The molecule has 7 aromatic carbocycles. The Kier molecular flexibility index (Phi) is 6.20. The first-order valence-corrected chi connectivity index (χ1v) is 15.7. The molecular weight excluding hydrogens is 560 g/mol. The molecule has 8 aromatic rings. The molecule has 9 rings (SSSR count). The van der Waals surface area contributed by atoms with Gasteiger partial charge in [0.1, 0.15) is 5.58 Å². The van der Waals surface area contributed by atoms with Crippen molar-refractivity contribution in [3.63, 3.8) is 0 Å². The van der Waals surface area contributed by atoms with Crippen LogP contribution in [0.5, 0.6) is 0 Å². The van der Waals surface area contributed by atoms with E-state index in [0.717, 1.165) is 46.0 Å². The zero-order valence-corrected chi connectivity index (χ0v) is 25.2. The Hall–Kier alpha value is -6.06. The van der Waals surface area contributed by atoms with Gasteiger partial charge in [-0.05, 0) is 92.3 Å². The van der Waals surface area contributed by atoms with Crippen LogP contribution < -0.4 is 10.2 Å². The molecule has 0 fully saturated rings. The van der Waals surface area contributed by atoms with E-state index in [1.54, 1.807) is 0 Å². The Balaban J connectivity index is 1.11. The summed E-state index contributed by atoms with van der Waals surface area (Å²) in [6.45, 7) is 0.735. The molecule has 0 amide bonds. The topological polar surface area (TPSA) is 28.4 Å². The number of rotatable bonds is 5. The second-order valence-electron chi connectivity index (χ2n) is 11.8. The molecular formula is C43H30N2O. The minimum atomic E-state index is 0.735. The number of furan rings is 1. The molecule has 1 N–H and O–H groups in total. The SMILES string of the molecule is C1=C(c2ccc(N(c3ccccc3)c3ccc(-c4cc5ccccc5c5ccccc45)cc3)cc2)c2c(oc3ccccc23)NC1. The quantitative estimate of drug-likeness (QED) is 0.202. The number of hydrogen-bond donors (Lipinski definition) is 1. The fourth-order valence-corrected chi connectivity index (χ4v) is 6.94. The number of benzene rings is 7. The number of para-hydroxylation sites is 2. The maximum absolute atomic E-state index is 6.15. The van der Waals surface area contributed by atoms with Crippen molar-refractivity contribution in [2.24, 2.45) is 0 Å². The molecule has 46 heavy (non-hydrogen) atoms. The average Bonchev–Trinajstić information content (AvgIpc) is 3.52. The largest absolute Gasteiger partial charge is 0.440 e. The van der Waals surface area contributed by atoms with Gasteiger partial charge in [0.15, 0.2) is 0 Å². The summed E-state index contributed by atoms with van der Waals surface area (Å²) in [5.74, 6) is 0.841. The first-order valence-electron chi connectivity index (χ1n) is 15.7. The number of hydrogen-bond acceptors (Lipinski definition) is 3. The van der Waals surface area contributed by atoms with Crippen molar-refractivity contribution >= 4 is 61.0 Å². The van der Waals surface area contributed by atoms with Gasteiger partial charge >= 0.3 is 0 Å². The first kappa shape index (κ1) is 26.4. The highest BCUT2D eigenvalue weighted by molar-refractivity contribution is 6.13. The van der Waals surface area contributed by atoms with Gasteiger partial charge in [-0.25, -0.2) is 0 Å². The maximum atomic E-state index is 6.15. The predicted octanol–water partition coefficient (Wildman–Crippen LogP) is 11.7. The van der Waals surface area contributed by atoms with Crippen molar-refractivity contribution in [3.05, 3.63) is 175 Å². The van der Waals surface area contributed by atoms with Crippen LogP contribution in [0, 0.1) is 0 Å². The van der Waals surface area contributed by atoms with Gasteiger partial charge in [-0.2, -0.15) is 0 Å². The monoisotopic (exact) mass is 590 g/mol. The lowest BCUT2D eigenvalue weighted by atomic mass is 9.93. The van der Waals surface area contributed by atoms with Crippen LogP contribution in [0.25, 0.3) is 49.2 Å². The van der Waals surface area contributed by atoms with Crippen LogP contribution in [0.4, 0.5) is 22.9 Å². The average molecular weight is 591 g/mol. The lowest BCUT2D eigenvalue weighted by molar-refractivity contribution is 0.627. The first-order chi connectivity index (χ1) is 22.8. The van der Waals surface area contributed by atoms with Gasteiger partial charge in [-0.1, -0.05) is 115 Å². The summed E-state index contributed by atoms with van der Waals surface area (Å²) >= 11 is 0. The minimum absolute atomic E-state index is 0.735. The Bertz CT molecular complexity index is 2400. The molecule has 0 radical (unpaired) electrons. The fraction of sp³-hybridized carbons (Fsp3) is 0.0233. The zero-order valence-electron chi connectivity index (χ0n) is 25.2. The molecule has 1 aromatic heterocycles. The molecule has 0 atom stereocenters. The molecule has 0 bridgehead atoms. The molecule has 0 spiro atoms. The normalized spacial score (nSPS) is 12.6. The molecule has 0 saturated carbocycles. The lowest BCUT2D eigenvalue weighted by Gasteiger charge is -2.26. The van der Waals surface area contributed by atoms with E-state index in [1.165, 1.54) is 43.8 Å². The molecule has 0 unspecified atom stereocenters. The second-order valence-corrected chi connectivity index (χ2v) is 11.8. The number of nitrogens with one attached hydrogen (secondary N) is 1. The molecule has 1 aliphatic rings. The van der Waals surface area contributed by atoms with E-state index in [9.17, 15) is 0 Å². The molecule has 2 heterocycles. The molecule has 0 aliphatic carbocycles. The summed E-state index contributed by atoms with van der Waals surface area (Å²) in [6, 6.07) is 56.4. The standard InChI is InChI=1S/C43H30N2O/c1-2-11-32(12-3-1)45(33-22-18-29(19-23-33)36-26-27-44-43-42(36)39-16-8-9-17-41(39)46-43)34-24-20-30(21-25-34)40-28-31-10-4-5-13-35(31)37-14-6-7-15-38(37)40/h1-26,28,44H,27H2. The third-order valence-corrected chi connectivity index (χ3v) is 9.09. The maximum Gasteiger partial charge on any atom is 0.202 e. The molecule has 1 aliphatic heterocycles. The van der Waals surface area contributed by atoms with E-state index < -0.39 is 0 Å². The fourth-order valence-electron chi connectivity index (χ4n) is 6.94. The number of fused-ring (bicyclic) bond motifs is 6. The van der Waals surface area contributed by atoms with Gasteiger partial charge < -0.3 is 14.6 Å². The van der Waals surface area contributed by atoms with Gasteiger partial charge in [0, 0.05) is 29.0 Å². The van der Waals surface area contributed by atoms with Crippen LogP contribution in [0.3, 0.4) is 0 Å². The lowest BCUT2D eigenvalue weighted by Crippen LogP contribution is -2.10. The van der Waals surface area contributed by atoms with Crippen molar-refractivity contribution in [2.45, 2.75) is 0 Å². The Morgan fingerprint density at radius 2 is 1.09 bits per heavy atom. The molecule has 3 nitrogen and oxygen atoms in total. The van der Waals surface area contributed by atoms with Crippen molar-refractivity contribution in [3.8, 4) is 11.1 Å².